The molecule has 0 atom stereocenters. The molecule has 0 radical (unpaired) electrons. The molecule has 0 amide bonds. The highest BCUT2D eigenvalue weighted by atomic mass is 32.2. The molecule has 0 aliphatic carbocycles. The van der Waals surface area contributed by atoms with Crippen molar-refractivity contribution in [3.05, 3.63) is 40.8 Å². The summed E-state index contributed by atoms with van der Waals surface area (Å²) in [6.07, 6.45) is 0. The zero-order chi connectivity index (χ0) is 12.5. The van der Waals surface area contributed by atoms with Gasteiger partial charge in [-0.2, -0.15) is 0 Å². The van der Waals surface area contributed by atoms with Crippen molar-refractivity contribution >= 4 is 39.2 Å². The third-order valence-corrected chi connectivity index (χ3v) is 4.09. The highest BCUT2D eigenvalue weighted by Gasteiger charge is 2.09. The van der Waals surface area contributed by atoms with Gasteiger partial charge < -0.3 is 10.2 Å². The van der Waals surface area contributed by atoms with E-state index in [0.29, 0.717) is 15.1 Å². The summed E-state index contributed by atoms with van der Waals surface area (Å²) in [4.78, 5) is 12.3. The minimum atomic E-state index is -0.381. The highest BCUT2D eigenvalue weighted by molar-refractivity contribution is 8.01. The molecule has 2 N–H and O–H groups in total. The third-order valence-electron chi connectivity index (χ3n) is 2.23. The third kappa shape index (κ3) is 2.09. The van der Waals surface area contributed by atoms with Gasteiger partial charge in [0, 0.05) is 16.3 Å². The quantitative estimate of drug-likeness (QED) is 0.724. The number of para-hydroxylation sites is 1. The van der Waals surface area contributed by atoms with Gasteiger partial charge in [-0.15, -0.1) is 10.2 Å². The summed E-state index contributed by atoms with van der Waals surface area (Å²) in [5, 5.41) is 8.94. The van der Waals surface area contributed by atoms with Gasteiger partial charge in [0.15, 0.2) is 4.34 Å². The van der Waals surface area contributed by atoms with Gasteiger partial charge >= 0.3 is 5.63 Å². The minimum absolute atomic E-state index is 0.381. The molecule has 5 nitrogen and oxygen atoms in total. The molecule has 0 bridgehead atoms. The van der Waals surface area contributed by atoms with E-state index in [1.54, 1.807) is 6.07 Å². The van der Waals surface area contributed by atoms with Crippen molar-refractivity contribution in [1.82, 2.24) is 10.2 Å². The maximum absolute atomic E-state index is 11.5. The first-order valence-corrected chi connectivity index (χ1v) is 6.65. The molecule has 0 spiro atoms. The lowest BCUT2D eigenvalue weighted by Gasteiger charge is -2.01. The number of nitrogen functional groups attached to an aromatic ring is 1. The van der Waals surface area contributed by atoms with E-state index >= 15 is 0 Å². The Morgan fingerprint density at radius 3 is 2.89 bits per heavy atom. The number of anilines is 1. The second kappa shape index (κ2) is 4.43. The number of aromatic nitrogens is 2. The Bertz CT molecular complexity index is 766. The van der Waals surface area contributed by atoms with Crippen molar-refractivity contribution in [2.75, 3.05) is 5.73 Å². The first-order chi connectivity index (χ1) is 8.72. The SMILES string of the molecule is Nc1nnc(Sc2cc(=O)oc3ccccc23)s1. The maximum atomic E-state index is 11.5. The van der Waals surface area contributed by atoms with E-state index in [2.05, 4.69) is 10.2 Å². The summed E-state index contributed by atoms with van der Waals surface area (Å²) in [7, 11) is 0. The summed E-state index contributed by atoms with van der Waals surface area (Å²) in [5.41, 5.74) is 5.71. The van der Waals surface area contributed by atoms with Crippen LogP contribution in [0.15, 0.2) is 48.8 Å². The number of rotatable bonds is 2. The molecule has 3 aromatic rings. The van der Waals surface area contributed by atoms with Gasteiger partial charge in [0.05, 0.1) is 0 Å². The van der Waals surface area contributed by atoms with Gasteiger partial charge in [-0.05, 0) is 6.07 Å². The summed E-state index contributed by atoms with van der Waals surface area (Å²) in [6, 6.07) is 8.81. The normalized spacial score (nSPS) is 10.9. The van der Waals surface area contributed by atoms with Gasteiger partial charge in [-0.1, -0.05) is 41.3 Å². The van der Waals surface area contributed by atoms with Crippen LogP contribution < -0.4 is 11.4 Å². The standard InChI is InChI=1S/C11H7N3O2S2/c12-10-13-14-11(18-10)17-8-5-9(15)16-7-4-2-1-3-6(7)8/h1-5H,(H2,12,13). The Hall–Kier alpha value is -1.86. The molecule has 0 aliphatic heterocycles. The molecule has 0 unspecified atom stereocenters. The molecule has 0 aliphatic rings. The van der Waals surface area contributed by atoms with Crippen LogP contribution in [0, 0.1) is 0 Å². The topological polar surface area (TPSA) is 82.0 Å². The van der Waals surface area contributed by atoms with Crippen LogP contribution in [0.4, 0.5) is 5.13 Å². The molecular weight excluding hydrogens is 270 g/mol. The van der Waals surface area contributed by atoms with E-state index in [4.69, 9.17) is 10.2 Å². The van der Waals surface area contributed by atoms with Crippen molar-refractivity contribution in [3.8, 4) is 0 Å². The lowest BCUT2D eigenvalue weighted by Crippen LogP contribution is -1.96. The van der Waals surface area contributed by atoms with Crippen molar-refractivity contribution < 1.29 is 4.42 Å². The van der Waals surface area contributed by atoms with E-state index in [-0.39, 0.29) is 5.63 Å². The minimum Gasteiger partial charge on any atom is -0.423 e. The van der Waals surface area contributed by atoms with E-state index in [1.165, 1.54) is 29.2 Å². The van der Waals surface area contributed by atoms with Crippen LogP contribution in [0.2, 0.25) is 0 Å². The van der Waals surface area contributed by atoms with Crippen molar-refractivity contribution in [3.63, 3.8) is 0 Å². The summed E-state index contributed by atoms with van der Waals surface area (Å²) in [5.74, 6) is 0. The van der Waals surface area contributed by atoms with Crippen LogP contribution in [-0.2, 0) is 0 Å². The molecule has 0 fully saturated rings. The van der Waals surface area contributed by atoms with Crippen LogP contribution in [0.25, 0.3) is 11.0 Å². The fourth-order valence-corrected chi connectivity index (χ4v) is 3.26. The predicted octanol–water partition coefficient (Wildman–Crippen LogP) is 2.38. The molecule has 2 aromatic heterocycles. The molecular formula is C11H7N3O2S2. The van der Waals surface area contributed by atoms with Crippen LogP contribution in [0.3, 0.4) is 0 Å². The lowest BCUT2D eigenvalue weighted by molar-refractivity contribution is 0.557. The number of benzene rings is 1. The van der Waals surface area contributed by atoms with Crippen molar-refractivity contribution in [1.29, 1.82) is 0 Å². The monoisotopic (exact) mass is 277 g/mol. The van der Waals surface area contributed by atoms with Crippen molar-refractivity contribution in [2.45, 2.75) is 9.24 Å². The Morgan fingerprint density at radius 1 is 1.28 bits per heavy atom. The molecule has 0 saturated heterocycles. The fraction of sp³-hybridized carbons (Fsp3) is 0. The molecule has 7 heteroatoms. The first-order valence-electron chi connectivity index (χ1n) is 5.02. The Labute approximate surface area is 110 Å². The zero-order valence-electron chi connectivity index (χ0n) is 8.99. The molecule has 0 saturated carbocycles. The average molecular weight is 277 g/mol. The summed E-state index contributed by atoms with van der Waals surface area (Å²) < 4.78 is 5.82. The smallest absolute Gasteiger partial charge is 0.337 e. The number of hydrogen-bond acceptors (Lipinski definition) is 7. The molecule has 18 heavy (non-hydrogen) atoms. The predicted molar refractivity (Wildman–Crippen MR) is 70.9 cm³/mol. The number of fused-ring (bicyclic) bond motifs is 1. The second-order valence-electron chi connectivity index (χ2n) is 3.43. The van der Waals surface area contributed by atoms with Crippen molar-refractivity contribution in [2.24, 2.45) is 0 Å². The van der Waals surface area contributed by atoms with E-state index in [0.717, 1.165) is 10.3 Å². The van der Waals surface area contributed by atoms with Gasteiger partial charge in [0.1, 0.15) is 5.58 Å². The Kier molecular flexibility index (Phi) is 2.77. The largest absolute Gasteiger partial charge is 0.423 e. The Morgan fingerprint density at radius 2 is 2.11 bits per heavy atom. The second-order valence-corrected chi connectivity index (χ2v) is 5.73. The zero-order valence-corrected chi connectivity index (χ0v) is 10.6. The number of nitrogens with zero attached hydrogens (tertiary/aromatic N) is 2. The van der Waals surface area contributed by atoms with Crippen LogP contribution in [-0.4, -0.2) is 10.2 Å². The molecule has 1 aromatic carbocycles. The Balaban J connectivity index is 2.13. The fourth-order valence-electron chi connectivity index (χ4n) is 1.52. The average Bonchev–Trinajstić information content (AvgIpc) is 2.74. The van der Waals surface area contributed by atoms with Crippen LogP contribution >= 0.6 is 23.1 Å². The first kappa shape index (κ1) is 11.2. The van der Waals surface area contributed by atoms with Crippen LogP contribution in [0.5, 0.6) is 0 Å². The van der Waals surface area contributed by atoms with Gasteiger partial charge in [0.2, 0.25) is 5.13 Å². The molecule has 90 valence electrons. The lowest BCUT2D eigenvalue weighted by atomic mass is 10.2. The summed E-state index contributed by atoms with van der Waals surface area (Å²) in [6.45, 7) is 0. The number of nitrogens with two attached hydrogens (primary N) is 1. The van der Waals surface area contributed by atoms with Gasteiger partial charge in [-0.3, -0.25) is 0 Å². The maximum Gasteiger partial charge on any atom is 0.337 e. The summed E-state index contributed by atoms with van der Waals surface area (Å²) >= 11 is 2.64. The van der Waals surface area contributed by atoms with Crippen LogP contribution in [0.1, 0.15) is 0 Å². The molecule has 3 rings (SSSR count). The highest BCUT2D eigenvalue weighted by Crippen LogP contribution is 2.34. The molecule has 2 heterocycles. The van der Waals surface area contributed by atoms with Gasteiger partial charge in [-0.25, -0.2) is 4.79 Å². The van der Waals surface area contributed by atoms with Gasteiger partial charge in [0.25, 0.3) is 0 Å². The van der Waals surface area contributed by atoms with E-state index in [1.807, 2.05) is 18.2 Å². The van der Waals surface area contributed by atoms with E-state index < -0.39 is 0 Å². The van der Waals surface area contributed by atoms with E-state index in [9.17, 15) is 4.79 Å². The number of hydrogen-bond donors (Lipinski definition) is 1.